The molecule has 1 aromatic heterocycles. The molecule has 0 saturated heterocycles. The monoisotopic (exact) mass is 444 g/mol. The molecule has 0 aliphatic carbocycles. The number of ether oxygens (including phenoxy) is 2. The number of likely N-dealkylation sites (N-methyl/N-ethyl adjacent to an activating group) is 1. The van der Waals surface area contributed by atoms with Crippen LogP contribution in [0.4, 0.5) is 0 Å². The van der Waals surface area contributed by atoms with Crippen LogP contribution in [0.2, 0.25) is 0 Å². The van der Waals surface area contributed by atoms with Crippen LogP contribution >= 0.6 is 11.3 Å². The zero-order valence-corrected chi connectivity index (χ0v) is 19.1. The average molecular weight is 445 g/mol. The van der Waals surface area contributed by atoms with Crippen molar-refractivity contribution >= 4 is 23.0 Å². The number of carbonyl (C=O) groups excluding carboxylic acids is 2. The number of aliphatic hydroxyl groups excluding tert-OH is 1. The molecule has 1 N–H and O–H groups in total. The number of Topliss-reactive ketones (excluding diaryl/α,β-unsaturated/α-hetero) is 1. The molecule has 2 heterocycles. The molecular weight excluding hydrogens is 416 g/mol. The van der Waals surface area contributed by atoms with Gasteiger partial charge in [-0.25, -0.2) is 0 Å². The minimum atomic E-state index is -0.712. The summed E-state index contributed by atoms with van der Waals surface area (Å²) in [5.41, 5.74) is 0.771. The normalized spacial score (nSPS) is 16.4. The van der Waals surface area contributed by atoms with E-state index in [2.05, 4.69) is 0 Å². The van der Waals surface area contributed by atoms with Gasteiger partial charge < -0.3 is 24.4 Å². The Balaban J connectivity index is 2.06. The molecular formula is C23H28N2O5S. The predicted octanol–water partition coefficient (Wildman–Crippen LogP) is 3.69. The number of benzene rings is 1. The average Bonchev–Trinajstić information content (AvgIpc) is 3.38. The molecule has 31 heavy (non-hydrogen) atoms. The molecule has 8 heteroatoms. The summed E-state index contributed by atoms with van der Waals surface area (Å²) in [4.78, 5) is 30.1. The van der Waals surface area contributed by atoms with Crippen molar-refractivity contribution in [3.05, 3.63) is 57.5 Å². The molecule has 1 aliphatic heterocycles. The smallest absolute Gasteiger partial charge is 0.290 e. The number of thiophene rings is 1. The van der Waals surface area contributed by atoms with E-state index < -0.39 is 17.7 Å². The van der Waals surface area contributed by atoms with Crippen LogP contribution in [0.3, 0.4) is 0 Å². The fourth-order valence-electron chi connectivity index (χ4n) is 3.50. The lowest BCUT2D eigenvalue weighted by molar-refractivity contribution is -0.129. The number of nitrogens with zero attached hydrogens (tertiary/aromatic N) is 2. The first-order valence-electron chi connectivity index (χ1n) is 10.2. The third-order valence-corrected chi connectivity index (χ3v) is 5.92. The second-order valence-electron chi connectivity index (χ2n) is 7.53. The second-order valence-corrected chi connectivity index (χ2v) is 8.48. The standard InChI is InChI=1S/C23H28N2O5S/c1-5-12-30-16-9-8-15(14-17(16)29-4)20-19(21(26)18-7-6-13-31-18)22(27)23(28)25(20)11-10-24(2)3/h6-9,13-14,20,27H,5,10-12H2,1-4H3/t20-/m1/s1. The lowest BCUT2D eigenvalue weighted by Crippen LogP contribution is -2.36. The van der Waals surface area contributed by atoms with Crippen LogP contribution in [0.15, 0.2) is 47.0 Å². The summed E-state index contributed by atoms with van der Waals surface area (Å²) in [7, 11) is 5.36. The van der Waals surface area contributed by atoms with E-state index in [1.54, 1.807) is 36.8 Å². The predicted molar refractivity (Wildman–Crippen MR) is 120 cm³/mol. The molecule has 0 bridgehead atoms. The highest BCUT2D eigenvalue weighted by Crippen LogP contribution is 2.42. The van der Waals surface area contributed by atoms with Gasteiger partial charge in [0.15, 0.2) is 17.3 Å². The molecule has 1 atom stereocenters. The van der Waals surface area contributed by atoms with Gasteiger partial charge in [-0.05, 0) is 49.7 Å². The van der Waals surface area contributed by atoms with Crippen LogP contribution in [0.5, 0.6) is 11.5 Å². The van der Waals surface area contributed by atoms with E-state index in [0.717, 1.165) is 6.42 Å². The first-order valence-corrected chi connectivity index (χ1v) is 11.0. The highest BCUT2D eigenvalue weighted by molar-refractivity contribution is 7.12. The number of hydrogen-bond acceptors (Lipinski definition) is 7. The van der Waals surface area contributed by atoms with Gasteiger partial charge in [0, 0.05) is 13.1 Å². The first kappa shape index (κ1) is 22.8. The lowest BCUT2D eigenvalue weighted by atomic mass is 9.95. The van der Waals surface area contributed by atoms with Crippen LogP contribution < -0.4 is 9.47 Å². The molecule has 2 aromatic rings. The maximum absolute atomic E-state index is 13.2. The minimum absolute atomic E-state index is 0.0930. The zero-order valence-electron chi connectivity index (χ0n) is 18.3. The van der Waals surface area contributed by atoms with Gasteiger partial charge in [-0.2, -0.15) is 0 Å². The third kappa shape index (κ3) is 4.75. The van der Waals surface area contributed by atoms with Crippen LogP contribution in [-0.2, 0) is 4.79 Å². The fraction of sp³-hybridized carbons (Fsp3) is 0.391. The maximum Gasteiger partial charge on any atom is 0.290 e. The van der Waals surface area contributed by atoms with Crippen molar-refractivity contribution in [1.29, 1.82) is 0 Å². The Kier molecular flexibility index (Phi) is 7.35. The van der Waals surface area contributed by atoms with Crippen molar-refractivity contribution in [3.63, 3.8) is 0 Å². The van der Waals surface area contributed by atoms with E-state index in [1.165, 1.54) is 16.2 Å². The quantitative estimate of drug-likeness (QED) is 0.563. The van der Waals surface area contributed by atoms with Crippen LogP contribution in [0, 0.1) is 0 Å². The van der Waals surface area contributed by atoms with E-state index in [4.69, 9.17) is 9.47 Å². The van der Waals surface area contributed by atoms with Crippen LogP contribution in [0.25, 0.3) is 0 Å². The Labute approximate surface area is 186 Å². The first-order chi connectivity index (χ1) is 14.9. The summed E-state index contributed by atoms with van der Waals surface area (Å²) in [6.45, 7) is 3.52. The molecule has 0 fully saturated rings. The summed E-state index contributed by atoms with van der Waals surface area (Å²) < 4.78 is 11.2. The Morgan fingerprint density at radius 3 is 2.65 bits per heavy atom. The summed E-state index contributed by atoms with van der Waals surface area (Å²) in [5, 5.41) is 12.5. The number of aliphatic hydroxyl groups is 1. The topological polar surface area (TPSA) is 79.3 Å². The Bertz CT molecular complexity index is 968. The molecule has 3 rings (SSSR count). The van der Waals surface area contributed by atoms with E-state index in [0.29, 0.717) is 41.6 Å². The van der Waals surface area contributed by atoms with E-state index in [1.807, 2.05) is 32.0 Å². The van der Waals surface area contributed by atoms with Crippen molar-refractivity contribution in [2.45, 2.75) is 19.4 Å². The summed E-state index contributed by atoms with van der Waals surface area (Å²) in [6, 6.07) is 8.12. The van der Waals surface area contributed by atoms with Gasteiger partial charge >= 0.3 is 0 Å². The SMILES string of the molecule is CCCOc1ccc([C@@H]2C(C(=O)c3cccs3)=C(O)C(=O)N2CCN(C)C)cc1OC. The largest absolute Gasteiger partial charge is 0.503 e. The van der Waals surface area contributed by atoms with Gasteiger partial charge in [0.1, 0.15) is 0 Å². The highest BCUT2D eigenvalue weighted by atomic mass is 32.1. The molecule has 7 nitrogen and oxygen atoms in total. The molecule has 0 radical (unpaired) electrons. The minimum Gasteiger partial charge on any atom is -0.503 e. The lowest BCUT2D eigenvalue weighted by Gasteiger charge is -2.28. The van der Waals surface area contributed by atoms with Crippen molar-refractivity contribution in [3.8, 4) is 11.5 Å². The van der Waals surface area contributed by atoms with Crippen LogP contribution in [-0.4, -0.2) is 67.5 Å². The maximum atomic E-state index is 13.2. The van der Waals surface area contributed by atoms with Gasteiger partial charge in [0.25, 0.3) is 5.91 Å². The molecule has 1 amide bonds. The third-order valence-electron chi connectivity index (χ3n) is 5.05. The number of methoxy groups -OCH3 is 1. The van der Waals surface area contributed by atoms with Gasteiger partial charge in [-0.1, -0.05) is 19.1 Å². The molecule has 0 saturated carbocycles. The van der Waals surface area contributed by atoms with Crippen LogP contribution in [0.1, 0.15) is 34.6 Å². The van der Waals surface area contributed by atoms with E-state index >= 15 is 0 Å². The number of ketones is 1. The highest BCUT2D eigenvalue weighted by Gasteiger charge is 2.44. The zero-order chi connectivity index (χ0) is 22.5. The summed E-state index contributed by atoms with van der Waals surface area (Å²) in [5.74, 6) is -0.273. The van der Waals surface area contributed by atoms with Crippen molar-refractivity contribution < 1.29 is 24.2 Å². The second kappa shape index (κ2) is 9.98. The number of amides is 1. The van der Waals surface area contributed by atoms with E-state index in [-0.39, 0.29) is 11.4 Å². The summed E-state index contributed by atoms with van der Waals surface area (Å²) in [6.07, 6.45) is 0.858. The Hall–Kier alpha value is -2.84. The number of hydrogen-bond donors (Lipinski definition) is 1. The Morgan fingerprint density at radius 1 is 1.26 bits per heavy atom. The number of rotatable bonds is 10. The molecule has 1 aliphatic rings. The van der Waals surface area contributed by atoms with Gasteiger partial charge in [-0.15, -0.1) is 11.3 Å². The molecule has 1 aromatic carbocycles. The van der Waals surface area contributed by atoms with Crippen molar-refractivity contribution in [2.75, 3.05) is 40.9 Å². The van der Waals surface area contributed by atoms with Gasteiger partial charge in [0.2, 0.25) is 5.78 Å². The molecule has 0 unspecified atom stereocenters. The summed E-state index contributed by atoms with van der Waals surface area (Å²) >= 11 is 1.28. The van der Waals surface area contributed by atoms with Crippen molar-refractivity contribution in [2.24, 2.45) is 0 Å². The van der Waals surface area contributed by atoms with Crippen molar-refractivity contribution in [1.82, 2.24) is 9.80 Å². The van der Waals surface area contributed by atoms with Gasteiger partial charge in [-0.3, -0.25) is 9.59 Å². The molecule has 166 valence electrons. The Morgan fingerprint density at radius 2 is 2.03 bits per heavy atom. The number of carbonyl (C=O) groups is 2. The van der Waals surface area contributed by atoms with E-state index in [9.17, 15) is 14.7 Å². The fourth-order valence-corrected chi connectivity index (χ4v) is 4.17. The van der Waals surface area contributed by atoms with Gasteiger partial charge in [0.05, 0.1) is 30.2 Å². The molecule has 0 spiro atoms.